The number of aliphatic carboxylic acids is 1. The zero-order chi connectivity index (χ0) is 13.3. The van der Waals surface area contributed by atoms with Crippen molar-refractivity contribution in [1.29, 1.82) is 0 Å². The Bertz CT molecular complexity index is 471. The maximum atomic E-state index is 11.7. The molecule has 1 saturated heterocycles. The molecule has 2 aliphatic rings. The van der Waals surface area contributed by atoms with E-state index < -0.39 is 11.4 Å². The lowest BCUT2D eigenvalue weighted by Gasteiger charge is -2.40. The molecule has 1 aliphatic heterocycles. The van der Waals surface area contributed by atoms with E-state index in [1.54, 1.807) is 0 Å². The van der Waals surface area contributed by atoms with E-state index in [9.17, 15) is 9.90 Å². The lowest BCUT2D eigenvalue weighted by molar-refractivity contribution is -0.147. The molecule has 0 atom stereocenters. The smallest absolute Gasteiger partial charge is 0.314 e. The van der Waals surface area contributed by atoms with Crippen LogP contribution in [0.25, 0.3) is 0 Å². The highest BCUT2D eigenvalue weighted by Crippen LogP contribution is 2.47. The number of carboxylic acids is 1. The fraction of sp³-hybridized carbons (Fsp3) is 0.562. The molecule has 0 bridgehead atoms. The highest BCUT2D eigenvalue weighted by molar-refractivity contribution is 5.83. The van der Waals surface area contributed by atoms with Gasteiger partial charge in [-0.2, -0.15) is 0 Å². The van der Waals surface area contributed by atoms with Gasteiger partial charge in [0.15, 0.2) is 0 Å². The van der Waals surface area contributed by atoms with Crippen molar-refractivity contribution in [3.05, 3.63) is 35.4 Å². The minimum atomic E-state index is -0.654. The average Bonchev–Trinajstić information content (AvgIpc) is 2.39. The highest BCUT2D eigenvalue weighted by Gasteiger charge is 2.47. The van der Waals surface area contributed by atoms with E-state index in [-0.39, 0.29) is 0 Å². The lowest BCUT2D eigenvalue weighted by atomic mass is 9.62. The van der Waals surface area contributed by atoms with Crippen LogP contribution >= 0.6 is 0 Å². The zero-order valence-corrected chi connectivity index (χ0v) is 11.1. The lowest BCUT2D eigenvalue weighted by Crippen LogP contribution is -2.43. The van der Waals surface area contributed by atoms with Crippen LogP contribution in [0.5, 0.6) is 0 Å². The van der Waals surface area contributed by atoms with Crippen molar-refractivity contribution in [2.45, 2.75) is 43.4 Å². The van der Waals surface area contributed by atoms with Gasteiger partial charge in [-0.3, -0.25) is 4.79 Å². The van der Waals surface area contributed by atoms with Crippen molar-refractivity contribution in [2.75, 3.05) is 13.2 Å². The van der Waals surface area contributed by atoms with Crippen LogP contribution in [0.4, 0.5) is 0 Å². The standard InChI is InChI=1S/C16H20O3/c17-15(18)16(8-3-9-16)14-5-2-1-4-13(14)12-6-10-19-11-7-12/h1-2,4-5,12H,3,6-11H2,(H,17,18). The molecular formula is C16H20O3. The van der Waals surface area contributed by atoms with Crippen molar-refractivity contribution in [3.63, 3.8) is 0 Å². The van der Waals surface area contributed by atoms with Gasteiger partial charge < -0.3 is 9.84 Å². The molecule has 1 aromatic carbocycles. The van der Waals surface area contributed by atoms with E-state index in [1.807, 2.05) is 18.2 Å². The molecule has 0 amide bonds. The Balaban J connectivity index is 1.99. The molecule has 1 aliphatic carbocycles. The molecule has 1 N–H and O–H groups in total. The van der Waals surface area contributed by atoms with Gasteiger partial charge in [0.2, 0.25) is 0 Å². The summed E-state index contributed by atoms with van der Waals surface area (Å²) in [7, 11) is 0. The van der Waals surface area contributed by atoms with Crippen LogP contribution in [0, 0.1) is 0 Å². The van der Waals surface area contributed by atoms with Gasteiger partial charge in [0.05, 0.1) is 5.41 Å². The van der Waals surface area contributed by atoms with E-state index >= 15 is 0 Å². The Morgan fingerprint density at radius 3 is 2.47 bits per heavy atom. The van der Waals surface area contributed by atoms with Crippen LogP contribution in [0.1, 0.15) is 49.1 Å². The second kappa shape index (κ2) is 4.97. The van der Waals surface area contributed by atoms with E-state index in [0.29, 0.717) is 5.92 Å². The Hall–Kier alpha value is -1.35. The van der Waals surface area contributed by atoms with Crippen LogP contribution in [0.2, 0.25) is 0 Å². The fourth-order valence-corrected chi connectivity index (χ4v) is 3.43. The average molecular weight is 260 g/mol. The first kappa shape index (κ1) is 12.7. The van der Waals surface area contributed by atoms with Crippen molar-refractivity contribution >= 4 is 5.97 Å². The first-order valence-corrected chi connectivity index (χ1v) is 7.14. The number of hydrogen-bond acceptors (Lipinski definition) is 2. The van der Waals surface area contributed by atoms with Crippen LogP contribution < -0.4 is 0 Å². The summed E-state index contributed by atoms with van der Waals surface area (Å²) in [5, 5.41) is 9.64. The molecule has 3 nitrogen and oxygen atoms in total. The first-order valence-electron chi connectivity index (χ1n) is 7.14. The Labute approximate surface area is 113 Å². The van der Waals surface area contributed by atoms with E-state index in [2.05, 4.69) is 6.07 Å². The van der Waals surface area contributed by atoms with Gasteiger partial charge in [-0.1, -0.05) is 30.7 Å². The third-order valence-corrected chi connectivity index (χ3v) is 4.75. The molecular weight excluding hydrogens is 240 g/mol. The first-order chi connectivity index (χ1) is 9.24. The van der Waals surface area contributed by atoms with Crippen LogP contribution in [0.3, 0.4) is 0 Å². The third-order valence-electron chi connectivity index (χ3n) is 4.75. The fourth-order valence-electron chi connectivity index (χ4n) is 3.43. The van der Waals surface area contributed by atoms with E-state index in [4.69, 9.17) is 4.74 Å². The van der Waals surface area contributed by atoms with Gasteiger partial charge in [-0.25, -0.2) is 0 Å². The van der Waals surface area contributed by atoms with Crippen molar-refractivity contribution in [1.82, 2.24) is 0 Å². The molecule has 1 aromatic rings. The van der Waals surface area contributed by atoms with Gasteiger partial charge in [-0.15, -0.1) is 0 Å². The molecule has 0 radical (unpaired) electrons. The molecule has 102 valence electrons. The maximum absolute atomic E-state index is 11.7. The van der Waals surface area contributed by atoms with Crippen molar-refractivity contribution < 1.29 is 14.6 Å². The molecule has 3 rings (SSSR count). The molecule has 1 saturated carbocycles. The Morgan fingerprint density at radius 1 is 1.21 bits per heavy atom. The van der Waals surface area contributed by atoms with Crippen molar-refractivity contribution in [3.8, 4) is 0 Å². The topological polar surface area (TPSA) is 46.5 Å². The second-order valence-electron chi connectivity index (χ2n) is 5.71. The number of ether oxygens (including phenoxy) is 1. The number of carboxylic acid groups (broad SMARTS) is 1. The molecule has 2 fully saturated rings. The molecule has 3 heteroatoms. The van der Waals surface area contributed by atoms with Gasteiger partial charge in [0, 0.05) is 13.2 Å². The molecule has 0 aromatic heterocycles. The summed E-state index contributed by atoms with van der Waals surface area (Å²) in [5.41, 5.74) is 1.68. The van der Waals surface area contributed by atoms with Gasteiger partial charge in [-0.05, 0) is 42.7 Å². The van der Waals surface area contributed by atoms with Crippen LogP contribution in [0.15, 0.2) is 24.3 Å². The summed E-state index contributed by atoms with van der Waals surface area (Å²) in [4.78, 5) is 11.7. The predicted molar refractivity (Wildman–Crippen MR) is 72.4 cm³/mol. The highest BCUT2D eigenvalue weighted by atomic mass is 16.5. The van der Waals surface area contributed by atoms with Crippen LogP contribution in [-0.4, -0.2) is 24.3 Å². The largest absolute Gasteiger partial charge is 0.481 e. The molecule has 19 heavy (non-hydrogen) atoms. The molecule has 0 unspecified atom stereocenters. The summed E-state index contributed by atoms with van der Waals surface area (Å²) in [5.74, 6) is -0.194. The number of benzene rings is 1. The normalized spacial score (nSPS) is 22.7. The van der Waals surface area contributed by atoms with E-state index in [1.165, 1.54) is 5.56 Å². The monoisotopic (exact) mass is 260 g/mol. The maximum Gasteiger partial charge on any atom is 0.314 e. The van der Waals surface area contributed by atoms with Gasteiger partial charge >= 0.3 is 5.97 Å². The number of hydrogen-bond donors (Lipinski definition) is 1. The van der Waals surface area contributed by atoms with Gasteiger partial charge in [0.1, 0.15) is 0 Å². The summed E-state index contributed by atoms with van der Waals surface area (Å²) in [6.45, 7) is 1.58. The summed E-state index contributed by atoms with van der Waals surface area (Å²) >= 11 is 0. The van der Waals surface area contributed by atoms with Crippen LogP contribution in [-0.2, 0) is 14.9 Å². The molecule has 0 spiro atoms. The number of carbonyl (C=O) groups is 1. The Kier molecular flexibility index (Phi) is 3.31. The summed E-state index contributed by atoms with van der Waals surface area (Å²) in [6, 6.07) is 8.15. The van der Waals surface area contributed by atoms with Crippen molar-refractivity contribution in [2.24, 2.45) is 0 Å². The zero-order valence-electron chi connectivity index (χ0n) is 11.1. The second-order valence-corrected chi connectivity index (χ2v) is 5.71. The van der Waals surface area contributed by atoms with Gasteiger partial charge in [0.25, 0.3) is 0 Å². The Morgan fingerprint density at radius 2 is 1.89 bits per heavy atom. The SMILES string of the molecule is O=C(O)C1(c2ccccc2C2CCOCC2)CCC1. The molecule has 1 heterocycles. The quantitative estimate of drug-likeness (QED) is 0.908. The number of rotatable bonds is 3. The predicted octanol–water partition coefficient (Wildman–Crippen LogP) is 3.09. The third kappa shape index (κ3) is 2.06. The minimum Gasteiger partial charge on any atom is -0.481 e. The minimum absolute atomic E-state index is 0.460. The summed E-state index contributed by atoms with van der Waals surface area (Å²) < 4.78 is 5.42. The summed E-state index contributed by atoms with van der Waals surface area (Å²) in [6.07, 6.45) is 4.60. The van der Waals surface area contributed by atoms with E-state index in [0.717, 1.165) is 50.9 Å².